The number of carbonyl (C=O) groups is 2. The van der Waals surface area contributed by atoms with Gasteiger partial charge in [-0.2, -0.15) is 0 Å². The number of halogens is 1. The Bertz CT molecular complexity index is 873. The number of nitrogens with zero attached hydrogens (tertiary/aromatic N) is 1. The van der Waals surface area contributed by atoms with Crippen molar-refractivity contribution < 1.29 is 19.1 Å². The summed E-state index contributed by atoms with van der Waals surface area (Å²) >= 11 is 6.11. The van der Waals surface area contributed by atoms with Crippen LogP contribution in [0.1, 0.15) is 45.6 Å². The molecule has 0 bridgehead atoms. The maximum absolute atomic E-state index is 13.1. The molecule has 0 radical (unpaired) electrons. The van der Waals surface area contributed by atoms with Crippen LogP contribution in [0, 0.1) is 0 Å². The van der Waals surface area contributed by atoms with E-state index in [1.807, 2.05) is 56.3 Å². The van der Waals surface area contributed by atoms with Crippen LogP contribution in [0.3, 0.4) is 0 Å². The van der Waals surface area contributed by atoms with E-state index in [1.54, 1.807) is 25.0 Å². The number of carbonyl (C=O) groups excluding carboxylic acids is 2. The van der Waals surface area contributed by atoms with Crippen LogP contribution in [0.2, 0.25) is 5.02 Å². The molecule has 2 amide bonds. The Morgan fingerprint density at radius 1 is 1.09 bits per heavy atom. The van der Waals surface area contributed by atoms with Crippen LogP contribution in [0.4, 0.5) is 0 Å². The first-order chi connectivity index (χ1) is 15.3. The van der Waals surface area contributed by atoms with E-state index >= 15 is 0 Å². The van der Waals surface area contributed by atoms with Crippen LogP contribution >= 0.6 is 11.6 Å². The normalized spacial score (nSPS) is 12.5. The second-order valence-electron chi connectivity index (χ2n) is 7.77. The Labute approximate surface area is 195 Å². The fourth-order valence-electron chi connectivity index (χ4n) is 3.11. The van der Waals surface area contributed by atoms with Crippen molar-refractivity contribution >= 4 is 23.4 Å². The van der Waals surface area contributed by atoms with Gasteiger partial charge in [-0.15, -0.1) is 0 Å². The average Bonchev–Trinajstić information content (AvgIpc) is 2.80. The summed E-state index contributed by atoms with van der Waals surface area (Å²) in [6.07, 6.45) is 1.64. The molecule has 0 saturated carbocycles. The monoisotopic (exact) mass is 460 g/mol. The lowest BCUT2D eigenvalue weighted by Gasteiger charge is -2.30. The Hall–Kier alpha value is -2.73. The second kappa shape index (κ2) is 13.0. The van der Waals surface area contributed by atoms with Crippen molar-refractivity contribution in [3.8, 4) is 11.5 Å². The number of amides is 2. The van der Waals surface area contributed by atoms with E-state index in [2.05, 4.69) is 5.32 Å². The summed E-state index contributed by atoms with van der Waals surface area (Å²) in [5, 5.41) is 3.56. The van der Waals surface area contributed by atoms with Gasteiger partial charge in [0, 0.05) is 24.0 Å². The van der Waals surface area contributed by atoms with E-state index in [1.165, 1.54) is 0 Å². The van der Waals surface area contributed by atoms with Gasteiger partial charge in [0.15, 0.2) is 0 Å². The number of methoxy groups -OCH3 is 1. The predicted molar refractivity (Wildman–Crippen MR) is 127 cm³/mol. The van der Waals surface area contributed by atoms with Crippen molar-refractivity contribution in [2.24, 2.45) is 0 Å². The minimum absolute atomic E-state index is 0.0472. The lowest BCUT2D eigenvalue weighted by atomic mass is 10.1. The molecule has 0 aliphatic carbocycles. The fraction of sp³-hybridized carbons (Fsp3) is 0.440. The van der Waals surface area contributed by atoms with Crippen molar-refractivity contribution in [1.29, 1.82) is 0 Å². The average molecular weight is 461 g/mol. The van der Waals surface area contributed by atoms with Gasteiger partial charge in [0.05, 0.1) is 13.7 Å². The SMILES string of the molecule is CC[C@@H](C)NC(=O)[C@@H](C)N(Cc1cccc(Cl)c1)C(=O)CCCOc1ccc(OC)cc1. The first-order valence-electron chi connectivity index (χ1n) is 10.9. The largest absolute Gasteiger partial charge is 0.497 e. The van der Waals surface area contributed by atoms with E-state index in [-0.39, 0.29) is 24.3 Å². The Morgan fingerprint density at radius 3 is 2.41 bits per heavy atom. The molecular formula is C25H33ClN2O4. The molecule has 2 aromatic rings. The highest BCUT2D eigenvalue weighted by atomic mass is 35.5. The molecule has 6 nitrogen and oxygen atoms in total. The third-order valence-electron chi connectivity index (χ3n) is 5.27. The Balaban J connectivity index is 1.99. The molecule has 0 aliphatic rings. The molecule has 7 heteroatoms. The highest BCUT2D eigenvalue weighted by Crippen LogP contribution is 2.18. The molecule has 2 atom stereocenters. The summed E-state index contributed by atoms with van der Waals surface area (Å²) in [5.74, 6) is 1.21. The highest BCUT2D eigenvalue weighted by molar-refractivity contribution is 6.30. The maximum Gasteiger partial charge on any atom is 0.242 e. The van der Waals surface area contributed by atoms with Gasteiger partial charge >= 0.3 is 0 Å². The molecule has 1 N–H and O–H groups in total. The number of rotatable bonds is 12. The van der Waals surface area contributed by atoms with Crippen LogP contribution in [0.25, 0.3) is 0 Å². The van der Waals surface area contributed by atoms with Crippen LogP contribution in [0.15, 0.2) is 48.5 Å². The molecule has 174 valence electrons. The van der Waals surface area contributed by atoms with Crippen molar-refractivity contribution in [1.82, 2.24) is 10.2 Å². The van der Waals surface area contributed by atoms with Crippen LogP contribution in [0.5, 0.6) is 11.5 Å². The van der Waals surface area contributed by atoms with Gasteiger partial charge in [-0.1, -0.05) is 30.7 Å². The van der Waals surface area contributed by atoms with Crippen LogP contribution in [-0.4, -0.2) is 42.5 Å². The van der Waals surface area contributed by atoms with Crippen molar-refractivity contribution in [2.45, 2.75) is 58.7 Å². The minimum Gasteiger partial charge on any atom is -0.497 e. The molecule has 0 aliphatic heterocycles. The summed E-state index contributed by atoms with van der Waals surface area (Å²) in [7, 11) is 1.61. The number of benzene rings is 2. The summed E-state index contributed by atoms with van der Waals surface area (Å²) in [6, 6.07) is 14.1. The van der Waals surface area contributed by atoms with Crippen LogP contribution < -0.4 is 14.8 Å². The fourth-order valence-corrected chi connectivity index (χ4v) is 3.32. The summed E-state index contributed by atoms with van der Waals surface area (Å²) in [4.78, 5) is 27.4. The molecule has 0 aromatic heterocycles. The molecule has 32 heavy (non-hydrogen) atoms. The van der Waals surface area contributed by atoms with E-state index in [0.29, 0.717) is 24.6 Å². The van der Waals surface area contributed by atoms with Gasteiger partial charge in [0.2, 0.25) is 11.8 Å². The molecule has 0 heterocycles. The van der Waals surface area contributed by atoms with Crippen LogP contribution in [-0.2, 0) is 16.1 Å². The topological polar surface area (TPSA) is 67.9 Å². The molecule has 2 aromatic carbocycles. The summed E-state index contributed by atoms with van der Waals surface area (Å²) in [6.45, 7) is 6.43. The van der Waals surface area contributed by atoms with E-state index in [9.17, 15) is 9.59 Å². The van der Waals surface area contributed by atoms with E-state index in [4.69, 9.17) is 21.1 Å². The Morgan fingerprint density at radius 2 is 1.78 bits per heavy atom. The molecular weight excluding hydrogens is 428 g/mol. The van der Waals surface area contributed by atoms with Crippen molar-refractivity contribution in [3.63, 3.8) is 0 Å². The quantitative estimate of drug-likeness (QED) is 0.460. The molecule has 0 unspecified atom stereocenters. The number of hydrogen-bond acceptors (Lipinski definition) is 4. The molecule has 0 spiro atoms. The minimum atomic E-state index is -0.599. The van der Waals surface area contributed by atoms with Crippen molar-refractivity contribution in [3.05, 3.63) is 59.1 Å². The molecule has 0 fully saturated rings. The summed E-state index contributed by atoms with van der Waals surface area (Å²) < 4.78 is 10.9. The zero-order valence-electron chi connectivity index (χ0n) is 19.3. The maximum atomic E-state index is 13.1. The van der Waals surface area contributed by atoms with Gasteiger partial charge in [-0.05, 0) is 68.7 Å². The third kappa shape index (κ3) is 8.08. The molecule has 0 saturated heterocycles. The standard InChI is InChI=1S/C25H33ClN2O4/c1-5-18(2)27-25(30)19(3)28(17-20-8-6-9-21(26)16-20)24(29)10-7-15-32-23-13-11-22(31-4)12-14-23/h6,8-9,11-14,16,18-19H,5,7,10,15,17H2,1-4H3,(H,27,30)/t18-,19-/m1/s1. The van der Waals surface area contributed by atoms with E-state index in [0.717, 1.165) is 23.5 Å². The van der Waals surface area contributed by atoms with Crippen molar-refractivity contribution in [2.75, 3.05) is 13.7 Å². The Kier molecular flexibility index (Phi) is 10.3. The lowest BCUT2D eigenvalue weighted by Crippen LogP contribution is -2.49. The smallest absolute Gasteiger partial charge is 0.242 e. The third-order valence-corrected chi connectivity index (χ3v) is 5.51. The second-order valence-corrected chi connectivity index (χ2v) is 8.21. The summed E-state index contributed by atoms with van der Waals surface area (Å²) in [5.41, 5.74) is 0.878. The van der Waals surface area contributed by atoms with Gasteiger partial charge in [0.1, 0.15) is 17.5 Å². The zero-order valence-corrected chi connectivity index (χ0v) is 20.0. The number of hydrogen-bond donors (Lipinski definition) is 1. The lowest BCUT2D eigenvalue weighted by molar-refractivity contribution is -0.141. The highest BCUT2D eigenvalue weighted by Gasteiger charge is 2.26. The zero-order chi connectivity index (χ0) is 23.5. The van der Waals surface area contributed by atoms with Gasteiger partial charge < -0.3 is 19.7 Å². The van der Waals surface area contributed by atoms with Gasteiger partial charge in [-0.25, -0.2) is 0 Å². The first-order valence-corrected chi connectivity index (χ1v) is 11.3. The molecule has 2 rings (SSSR count). The number of nitrogens with one attached hydrogen (secondary N) is 1. The van der Waals surface area contributed by atoms with Gasteiger partial charge in [0.25, 0.3) is 0 Å². The van der Waals surface area contributed by atoms with Gasteiger partial charge in [-0.3, -0.25) is 9.59 Å². The predicted octanol–water partition coefficient (Wildman–Crippen LogP) is 4.84. The van der Waals surface area contributed by atoms with E-state index < -0.39 is 6.04 Å². The first kappa shape index (κ1) is 25.5. The number of ether oxygens (including phenoxy) is 2.